The van der Waals surface area contributed by atoms with Crippen LogP contribution in [-0.4, -0.2) is 6.54 Å². The molecule has 0 bridgehead atoms. The fraction of sp³-hybridized carbons (Fsp3) is 0.667. The minimum atomic E-state index is 0.513. The molecule has 0 amide bonds. The summed E-state index contributed by atoms with van der Waals surface area (Å²) in [5.74, 6) is 0. The van der Waals surface area contributed by atoms with Crippen LogP contribution in [0.25, 0.3) is 0 Å². The lowest BCUT2D eigenvalue weighted by Crippen LogP contribution is -2.35. The Morgan fingerprint density at radius 3 is 2.32 bits per heavy atom. The van der Waals surface area contributed by atoms with Gasteiger partial charge in [0, 0.05) is 12.6 Å². The first-order valence-corrected chi connectivity index (χ1v) is 7.93. The first kappa shape index (κ1) is 14.6. The van der Waals surface area contributed by atoms with Gasteiger partial charge in [0.2, 0.25) is 0 Å². The van der Waals surface area contributed by atoms with Crippen molar-refractivity contribution >= 4 is 0 Å². The Kier molecular flexibility index (Phi) is 5.04. The van der Waals surface area contributed by atoms with Crippen LogP contribution in [0.5, 0.6) is 0 Å². The van der Waals surface area contributed by atoms with Crippen LogP contribution in [0.3, 0.4) is 0 Å². The Labute approximate surface area is 118 Å². The summed E-state index contributed by atoms with van der Waals surface area (Å²) < 4.78 is 0. The standard InChI is InChI=1S/C18H29N/c1-4-17(16-10-8-15(2)9-11-16)19-14-18(3)12-6-5-7-13-18/h8-11,17,19H,4-7,12-14H2,1-3H3. The molecule has 1 aliphatic carbocycles. The van der Waals surface area contributed by atoms with Gasteiger partial charge in [0.05, 0.1) is 0 Å². The predicted octanol–water partition coefficient (Wildman–Crippen LogP) is 5.01. The minimum absolute atomic E-state index is 0.513. The van der Waals surface area contributed by atoms with Crippen molar-refractivity contribution in [2.45, 2.75) is 65.3 Å². The van der Waals surface area contributed by atoms with E-state index in [0.29, 0.717) is 11.5 Å². The Hall–Kier alpha value is -0.820. The Morgan fingerprint density at radius 2 is 1.74 bits per heavy atom. The van der Waals surface area contributed by atoms with Gasteiger partial charge in [0.25, 0.3) is 0 Å². The maximum absolute atomic E-state index is 3.82. The summed E-state index contributed by atoms with van der Waals surface area (Å²) in [5, 5.41) is 3.82. The Balaban J connectivity index is 1.93. The lowest BCUT2D eigenvalue weighted by Gasteiger charge is -2.35. The molecule has 0 aromatic heterocycles. The highest BCUT2D eigenvalue weighted by molar-refractivity contribution is 5.24. The second-order valence-electron chi connectivity index (χ2n) is 6.62. The van der Waals surface area contributed by atoms with Gasteiger partial charge in [0.15, 0.2) is 0 Å². The van der Waals surface area contributed by atoms with Crippen molar-refractivity contribution < 1.29 is 0 Å². The number of hydrogen-bond donors (Lipinski definition) is 1. The van der Waals surface area contributed by atoms with Gasteiger partial charge in [-0.3, -0.25) is 0 Å². The van der Waals surface area contributed by atoms with Gasteiger partial charge in [-0.15, -0.1) is 0 Å². The fourth-order valence-electron chi connectivity index (χ4n) is 3.25. The topological polar surface area (TPSA) is 12.0 Å². The van der Waals surface area contributed by atoms with Gasteiger partial charge >= 0.3 is 0 Å². The molecule has 106 valence electrons. The van der Waals surface area contributed by atoms with Crippen molar-refractivity contribution in [3.8, 4) is 0 Å². The quantitative estimate of drug-likeness (QED) is 0.784. The number of hydrogen-bond acceptors (Lipinski definition) is 1. The summed E-state index contributed by atoms with van der Waals surface area (Å²) >= 11 is 0. The van der Waals surface area contributed by atoms with E-state index in [9.17, 15) is 0 Å². The summed E-state index contributed by atoms with van der Waals surface area (Å²) in [6, 6.07) is 9.52. The molecule has 1 saturated carbocycles. The zero-order valence-electron chi connectivity index (χ0n) is 12.8. The van der Waals surface area contributed by atoms with Gasteiger partial charge in [-0.2, -0.15) is 0 Å². The maximum atomic E-state index is 3.82. The van der Waals surface area contributed by atoms with Crippen LogP contribution in [-0.2, 0) is 0 Å². The molecular weight excluding hydrogens is 230 g/mol. The molecule has 1 N–H and O–H groups in total. The second-order valence-corrected chi connectivity index (χ2v) is 6.62. The third-order valence-electron chi connectivity index (χ3n) is 4.72. The third-order valence-corrected chi connectivity index (χ3v) is 4.72. The summed E-state index contributed by atoms with van der Waals surface area (Å²) in [6.07, 6.45) is 8.22. The summed E-state index contributed by atoms with van der Waals surface area (Å²) in [4.78, 5) is 0. The highest BCUT2D eigenvalue weighted by Gasteiger charge is 2.27. The van der Waals surface area contributed by atoms with Crippen molar-refractivity contribution in [1.82, 2.24) is 5.32 Å². The Morgan fingerprint density at radius 1 is 1.11 bits per heavy atom. The van der Waals surface area contributed by atoms with Crippen molar-refractivity contribution in [2.24, 2.45) is 5.41 Å². The molecule has 1 atom stereocenters. The van der Waals surface area contributed by atoms with Crippen LogP contribution in [0.2, 0.25) is 0 Å². The SMILES string of the molecule is CCC(NCC1(C)CCCCC1)c1ccc(C)cc1. The van der Waals surface area contributed by atoms with Gasteiger partial charge in [-0.05, 0) is 37.2 Å². The molecule has 0 heterocycles. The molecule has 0 spiro atoms. The lowest BCUT2D eigenvalue weighted by molar-refractivity contribution is 0.199. The van der Waals surface area contributed by atoms with Crippen molar-refractivity contribution in [3.05, 3.63) is 35.4 Å². The van der Waals surface area contributed by atoms with Crippen molar-refractivity contribution in [1.29, 1.82) is 0 Å². The molecule has 0 saturated heterocycles. The fourth-order valence-corrected chi connectivity index (χ4v) is 3.25. The summed E-state index contributed by atoms with van der Waals surface area (Å²) in [6.45, 7) is 8.06. The molecule has 1 aliphatic rings. The van der Waals surface area contributed by atoms with E-state index in [-0.39, 0.29) is 0 Å². The zero-order valence-corrected chi connectivity index (χ0v) is 12.8. The van der Waals surface area contributed by atoms with Gasteiger partial charge in [-0.1, -0.05) is 62.9 Å². The molecule has 1 heteroatoms. The van der Waals surface area contributed by atoms with E-state index in [4.69, 9.17) is 0 Å². The van der Waals surface area contributed by atoms with Crippen LogP contribution in [0.15, 0.2) is 24.3 Å². The van der Waals surface area contributed by atoms with E-state index in [1.807, 2.05) is 0 Å². The van der Waals surface area contributed by atoms with Crippen LogP contribution in [0, 0.1) is 12.3 Å². The first-order chi connectivity index (χ1) is 9.13. The normalized spacial score (nSPS) is 20.2. The minimum Gasteiger partial charge on any atom is -0.309 e. The molecule has 1 nitrogen and oxygen atoms in total. The van der Waals surface area contributed by atoms with E-state index >= 15 is 0 Å². The summed E-state index contributed by atoms with van der Waals surface area (Å²) in [5.41, 5.74) is 3.31. The number of aryl methyl sites for hydroxylation is 1. The highest BCUT2D eigenvalue weighted by Crippen LogP contribution is 2.35. The van der Waals surface area contributed by atoms with Crippen LogP contribution in [0.4, 0.5) is 0 Å². The zero-order chi connectivity index (χ0) is 13.7. The average Bonchev–Trinajstić information content (AvgIpc) is 2.42. The monoisotopic (exact) mass is 259 g/mol. The molecular formula is C18H29N. The van der Waals surface area contributed by atoms with E-state index < -0.39 is 0 Å². The number of nitrogens with one attached hydrogen (secondary N) is 1. The largest absolute Gasteiger partial charge is 0.309 e. The predicted molar refractivity (Wildman–Crippen MR) is 83.4 cm³/mol. The Bertz CT molecular complexity index is 373. The molecule has 19 heavy (non-hydrogen) atoms. The lowest BCUT2D eigenvalue weighted by atomic mass is 9.75. The molecule has 0 aliphatic heterocycles. The van der Waals surface area contributed by atoms with Gasteiger partial charge in [0.1, 0.15) is 0 Å². The van der Waals surface area contributed by atoms with E-state index in [2.05, 4.69) is 50.4 Å². The molecule has 0 radical (unpaired) electrons. The molecule has 1 unspecified atom stereocenters. The molecule has 1 aromatic rings. The van der Waals surface area contributed by atoms with Crippen molar-refractivity contribution in [2.75, 3.05) is 6.54 Å². The van der Waals surface area contributed by atoms with Crippen molar-refractivity contribution in [3.63, 3.8) is 0 Å². The molecule has 2 rings (SSSR count). The average molecular weight is 259 g/mol. The van der Waals surface area contributed by atoms with E-state index in [1.54, 1.807) is 0 Å². The van der Waals surface area contributed by atoms with Crippen LogP contribution >= 0.6 is 0 Å². The second kappa shape index (κ2) is 6.56. The molecule has 1 aromatic carbocycles. The van der Waals surface area contributed by atoms with Crippen LogP contribution < -0.4 is 5.32 Å². The highest BCUT2D eigenvalue weighted by atomic mass is 14.9. The van der Waals surface area contributed by atoms with Crippen LogP contribution in [0.1, 0.15) is 69.5 Å². The smallest absolute Gasteiger partial charge is 0.0317 e. The van der Waals surface area contributed by atoms with Gasteiger partial charge in [-0.25, -0.2) is 0 Å². The van der Waals surface area contributed by atoms with E-state index in [1.165, 1.54) is 56.2 Å². The number of rotatable bonds is 5. The van der Waals surface area contributed by atoms with E-state index in [0.717, 1.165) is 0 Å². The molecule has 1 fully saturated rings. The first-order valence-electron chi connectivity index (χ1n) is 7.93. The summed E-state index contributed by atoms with van der Waals surface area (Å²) in [7, 11) is 0. The number of benzene rings is 1. The van der Waals surface area contributed by atoms with Gasteiger partial charge < -0.3 is 5.32 Å². The maximum Gasteiger partial charge on any atom is 0.0317 e. The third kappa shape index (κ3) is 4.07.